The number of benzene rings is 1. The summed E-state index contributed by atoms with van der Waals surface area (Å²) in [6.07, 6.45) is -0.0818. The monoisotopic (exact) mass is 275 g/mol. The summed E-state index contributed by atoms with van der Waals surface area (Å²) in [5, 5.41) is 0. The maximum Gasteiger partial charge on any atom is 0.422 e. The first kappa shape index (κ1) is 15.1. The molecule has 0 bridgehead atoms. The van der Waals surface area contributed by atoms with Crippen LogP contribution in [0.25, 0.3) is 5.57 Å². The molecule has 0 fully saturated rings. The summed E-state index contributed by atoms with van der Waals surface area (Å²) >= 11 is 0. The normalized spacial score (nSPS) is 13.0. The highest BCUT2D eigenvalue weighted by atomic mass is 19.4. The van der Waals surface area contributed by atoms with E-state index in [0.717, 1.165) is 12.1 Å². The van der Waals surface area contributed by atoms with Gasteiger partial charge >= 0.3 is 6.18 Å². The Morgan fingerprint density at radius 2 is 2.05 bits per heavy atom. The Bertz CT molecular complexity index is 492. The van der Waals surface area contributed by atoms with Gasteiger partial charge in [-0.05, 0) is 36.9 Å². The minimum atomic E-state index is -4.47. The van der Waals surface area contributed by atoms with Crippen molar-refractivity contribution in [3.05, 3.63) is 47.9 Å². The zero-order valence-corrected chi connectivity index (χ0v) is 10.2. The van der Waals surface area contributed by atoms with Crippen LogP contribution in [0.5, 0.6) is 5.75 Å². The Morgan fingerprint density at radius 3 is 2.63 bits per heavy atom. The molecule has 0 radical (unpaired) electrons. The molecule has 0 unspecified atom stereocenters. The Balaban J connectivity index is 3.04. The topological polar surface area (TPSA) is 35.2 Å². The van der Waals surface area contributed by atoms with Gasteiger partial charge in [0.1, 0.15) is 11.6 Å². The van der Waals surface area contributed by atoms with Crippen molar-refractivity contribution in [1.29, 1.82) is 0 Å². The molecule has 0 heterocycles. The van der Waals surface area contributed by atoms with Crippen molar-refractivity contribution in [1.82, 2.24) is 0 Å². The Labute approximate surface area is 108 Å². The van der Waals surface area contributed by atoms with Crippen LogP contribution in [0.15, 0.2) is 36.6 Å². The van der Waals surface area contributed by atoms with Crippen molar-refractivity contribution in [2.24, 2.45) is 5.73 Å². The number of nitrogens with two attached hydrogens (primary N) is 1. The second kappa shape index (κ2) is 6.26. The van der Waals surface area contributed by atoms with Crippen LogP contribution >= 0.6 is 0 Å². The van der Waals surface area contributed by atoms with E-state index in [0.29, 0.717) is 11.1 Å². The van der Waals surface area contributed by atoms with Gasteiger partial charge in [0.25, 0.3) is 0 Å². The van der Waals surface area contributed by atoms with Crippen molar-refractivity contribution in [2.45, 2.75) is 13.1 Å². The molecular weight excluding hydrogens is 262 g/mol. The number of allylic oxidation sites excluding steroid dienone is 3. The van der Waals surface area contributed by atoms with Gasteiger partial charge in [0.2, 0.25) is 0 Å². The third-order valence-corrected chi connectivity index (χ3v) is 2.22. The summed E-state index contributed by atoms with van der Waals surface area (Å²) in [5.74, 6) is -0.820. The number of hydrogen-bond acceptors (Lipinski definition) is 2. The SMILES string of the molecule is C/C(=C/C=C\N)c1ccc(F)cc1OCC(F)(F)F. The summed E-state index contributed by atoms with van der Waals surface area (Å²) in [6, 6.07) is 3.43. The molecule has 0 aliphatic rings. The molecule has 0 aromatic heterocycles. The van der Waals surface area contributed by atoms with E-state index in [1.165, 1.54) is 18.3 Å². The molecule has 0 aliphatic heterocycles. The molecule has 0 aliphatic carbocycles. The second-order valence-electron chi connectivity index (χ2n) is 3.78. The first-order valence-corrected chi connectivity index (χ1v) is 5.38. The van der Waals surface area contributed by atoms with Crippen molar-refractivity contribution in [2.75, 3.05) is 6.61 Å². The van der Waals surface area contributed by atoms with Crippen LogP contribution in [0.3, 0.4) is 0 Å². The van der Waals surface area contributed by atoms with Crippen LogP contribution in [0.2, 0.25) is 0 Å². The fourth-order valence-corrected chi connectivity index (χ4v) is 1.39. The van der Waals surface area contributed by atoms with E-state index in [1.54, 1.807) is 13.0 Å². The second-order valence-corrected chi connectivity index (χ2v) is 3.78. The van der Waals surface area contributed by atoms with Gasteiger partial charge in [-0.15, -0.1) is 0 Å². The highest BCUT2D eigenvalue weighted by Gasteiger charge is 2.29. The minimum absolute atomic E-state index is 0.156. The summed E-state index contributed by atoms with van der Waals surface area (Å²) in [7, 11) is 0. The van der Waals surface area contributed by atoms with Crippen LogP contribution in [0.1, 0.15) is 12.5 Å². The molecule has 0 saturated heterocycles. The average Bonchev–Trinajstić information content (AvgIpc) is 2.32. The van der Waals surface area contributed by atoms with E-state index < -0.39 is 18.6 Å². The van der Waals surface area contributed by atoms with Gasteiger partial charge in [-0.2, -0.15) is 13.2 Å². The zero-order chi connectivity index (χ0) is 14.5. The van der Waals surface area contributed by atoms with E-state index in [2.05, 4.69) is 4.74 Å². The van der Waals surface area contributed by atoms with Gasteiger partial charge in [0.05, 0.1) is 0 Å². The van der Waals surface area contributed by atoms with Gasteiger partial charge in [-0.25, -0.2) is 4.39 Å². The molecule has 0 saturated carbocycles. The van der Waals surface area contributed by atoms with E-state index >= 15 is 0 Å². The Morgan fingerprint density at radius 1 is 1.37 bits per heavy atom. The maximum absolute atomic E-state index is 13.1. The van der Waals surface area contributed by atoms with Crippen molar-refractivity contribution in [3.63, 3.8) is 0 Å². The predicted octanol–water partition coefficient (Wildman–Crippen LogP) is 3.64. The molecule has 1 aromatic carbocycles. The molecule has 6 heteroatoms. The van der Waals surface area contributed by atoms with E-state index in [-0.39, 0.29) is 5.75 Å². The van der Waals surface area contributed by atoms with Gasteiger partial charge in [0.15, 0.2) is 6.61 Å². The number of hydrogen-bond donors (Lipinski definition) is 1. The molecule has 2 nitrogen and oxygen atoms in total. The minimum Gasteiger partial charge on any atom is -0.483 e. The predicted molar refractivity (Wildman–Crippen MR) is 64.9 cm³/mol. The highest BCUT2D eigenvalue weighted by molar-refractivity contribution is 5.70. The van der Waals surface area contributed by atoms with Gasteiger partial charge in [0, 0.05) is 11.6 Å². The fourth-order valence-electron chi connectivity index (χ4n) is 1.39. The van der Waals surface area contributed by atoms with Crippen LogP contribution in [-0.4, -0.2) is 12.8 Å². The summed E-state index contributed by atoms with van der Waals surface area (Å²) in [4.78, 5) is 0. The molecule has 104 valence electrons. The molecule has 0 spiro atoms. The molecule has 2 N–H and O–H groups in total. The number of alkyl halides is 3. The summed E-state index contributed by atoms with van der Waals surface area (Å²) < 4.78 is 54.0. The molecular formula is C13H13F4NO. The number of halogens is 4. The number of rotatable bonds is 4. The third-order valence-electron chi connectivity index (χ3n) is 2.22. The molecule has 1 rings (SSSR count). The maximum atomic E-state index is 13.1. The largest absolute Gasteiger partial charge is 0.483 e. The van der Waals surface area contributed by atoms with Crippen LogP contribution < -0.4 is 10.5 Å². The van der Waals surface area contributed by atoms with Crippen molar-refractivity contribution < 1.29 is 22.3 Å². The molecule has 1 aromatic rings. The quantitative estimate of drug-likeness (QED) is 0.672. The standard InChI is InChI=1S/C13H13F4NO/c1-9(3-2-6-18)11-5-4-10(14)7-12(11)19-8-13(15,16)17/h2-7H,8,18H2,1H3/b6-2-,9-3-. The Kier molecular flexibility index (Phi) is 4.97. The van der Waals surface area contributed by atoms with Crippen molar-refractivity contribution in [3.8, 4) is 5.75 Å². The molecule has 0 amide bonds. The summed E-state index contributed by atoms with van der Waals surface area (Å²) in [6.45, 7) is 0.192. The first-order valence-electron chi connectivity index (χ1n) is 5.38. The smallest absolute Gasteiger partial charge is 0.422 e. The number of ether oxygens (including phenoxy) is 1. The highest BCUT2D eigenvalue weighted by Crippen LogP contribution is 2.28. The average molecular weight is 275 g/mol. The van der Waals surface area contributed by atoms with Crippen molar-refractivity contribution >= 4 is 5.57 Å². The van der Waals surface area contributed by atoms with Gasteiger partial charge in [-0.1, -0.05) is 6.08 Å². The van der Waals surface area contributed by atoms with Crippen LogP contribution in [-0.2, 0) is 0 Å². The van der Waals surface area contributed by atoms with Gasteiger partial charge < -0.3 is 10.5 Å². The van der Waals surface area contributed by atoms with Crippen LogP contribution in [0, 0.1) is 5.82 Å². The van der Waals surface area contributed by atoms with E-state index in [4.69, 9.17) is 5.73 Å². The lowest BCUT2D eigenvalue weighted by Gasteiger charge is -2.13. The first-order chi connectivity index (χ1) is 8.83. The fraction of sp³-hybridized carbons (Fsp3) is 0.231. The van der Waals surface area contributed by atoms with Gasteiger partial charge in [-0.3, -0.25) is 0 Å². The zero-order valence-electron chi connectivity index (χ0n) is 10.2. The molecule has 0 atom stereocenters. The summed E-state index contributed by atoms with van der Waals surface area (Å²) in [5.41, 5.74) is 6.16. The van der Waals surface area contributed by atoms with E-state index in [1.807, 2.05) is 0 Å². The Hall–Kier alpha value is -1.98. The van der Waals surface area contributed by atoms with Crippen LogP contribution in [0.4, 0.5) is 17.6 Å². The van der Waals surface area contributed by atoms with E-state index in [9.17, 15) is 17.6 Å². The lowest BCUT2D eigenvalue weighted by Crippen LogP contribution is -2.19. The lowest BCUT2D eigenvalue weighted by molar-refractivity contribution is -0.153. The lowest BCUT2D eigenvalue weighted by atomic mass is 10.1. The third kappa shape index (κ3) is 5.03. The molecule has 19 heavy (non-hydrogen) atoms.